The fraction of sp³-hybridized carbons (Fsp3) is 0.130. The van der Waals surface area contributed by atoms with Crippen molar-refractivity contribution in [2.24, 2.45) is 0 Å². The number of carbonyl (C=O) groups is 1. The summed E-state index contributed by atoms with van der Waals surface area (Å²) in [6.45, 7) is 3.90. The first-order valence-electron chi connectivity index (χ1n) is 9.03. The Morgan fingerprint density at radius 3 is 2.61 bits per heavy atom. The van der Waals surface area contributed by atoms with Gasteiger partial charge in [0, 0.05) is 39.7 Å². The monoisotopic (exact) mass is 388 g/mol. The van der Waals surface area contributed by atoms with Crippen molar-refractivity contribution in [1.29, 1.82) is 0 Å². The molecule has 0 unspecified atom stereocenters. The number of para-hydroxylation sites is 1. The van der Waals surface area contributed by atoms with Crippen LogP contribution in [0.25, 0.3) is 11.0 Å². The SMILES string of the molecule is Cc1c(C(=O)Nc2ccc(SCc3cccnc3)cc2)oc2c(C)cccc12. The van der Waals surface area contributed by atoms with Crippen LogP contribution in [0, 0.1) is 13.8 Å². The molecule has 0 aliphatic carbocycles. The van der Waals surface area contributed by atoms with Crippen LogP contribution in [0.5, 0.6) is 0 Å². The minimum atomic E-state index is -0.233. The molecule has 2 aromatic carbocycles. The normalized spacial score (nSPS) is 10.9. The van der Waals surface area contributed by atoms with Crippen LogP contribution in [0.15, 0.2) is 76.3 Å². The predicted molar refractivity (Wildman–Crippen MR) is 114 cm³/mol. The maximum Gasteiger partial charge on any atom is 0.291 e. The summed E-state index contributed by atoms with van der Waals surface area (Å²) < 4.78 is 5.85. The third-order valence-electron chi connectivity index (χ3n) is 4.61. The number of hydrogen-bond acceptors (Lipinski definition) is 4. The zero-order valence-electron chi connectivity index (χ0n) is 15.7. The fourth-order valence-electron chi connectivity index (χ4n) is 3.07. The molecule has 2 heterocycles. The van der Waals surface area contributed by atoms with E-state index in [-0.39, 0.29) is 5.91 Å². The van der Waals surface area contributed by atoms with Crippen LogP contribution in [0.3, 0.4) is 0 Å². The van der Waals surface area contributed by atoms with Crippen molar-refractivity contribution in [2.45, 2.75) is 24.5 Å². The van der Waals surface area contributed by atoms with Gasteiger partial charge in [0.15, 0.2) is 5.76 Å². The number of amides is 1. The summed E-state index contributed by atoms with van der Waals surface area (Å²) in [7, 11) is 0. The van der Waals surface area contributed by atoms with Crippen molar-refractivity contribution in [3.8, 4) is 0 Å². The molecule has 0 fully saturated rings. The number of furan rings is 1. The number of benzene rings is 2. The van der Waals surface area contributed by atoms with E-state index >= 15 is 0 Å². The lowest BCUT2D eigenvalue weighted by molar-refractivity contribution is 0.0998. The molecule has 0 saturated heterocycles. The zero-order valence-corrected chi connectivity index (χ0v) is 16.5. The third-order valence-corrected chi connectivity index (χ3v) is 5.69. The number of thioether (sulfide) groups is 1. The maximum absolute atomic E-state index is 12.7. The second kappa shape index (κ2) is 7.90. The maximum atomic E-state index is 12.7. The summed E-state index contributed by atoms with van der Waals surface area (Å²) in [4.78, 5) is 18.0. The Labute approximate surface area is 168 Å². The number of aryl methyl sites for hydroxylation is 2. The number of rotatable bonds is 5. The molecule has 5 heteroatoms. The van der Waals surface area contributed by atoms with Crippen molar-refractivity contribution in [1.82, 2.24) is 4.98 Å². The van der Waals surface area contributed by atoms with Crippen LogP contribution in [-0.2, 0) is 5.75 Å². The standard InChI is InChI=1S/C23H20N2O2S/c1-15-5-3-7-20-16(2)22(27-21(15)20)23(26)25-18-8-10-19(11-9-18)28-14-17-6-4-12-24-13-17/h3-13H,14H2,1-2H3,(H,25,26). The summed E-state index contributed by atoms with van der Waals surface area (Å²) in [5.74, 6) is 0.986. The minimum Gasteiger partial charge on any atom is -0.450 e. The second-order valence-electron chi connectivity index (χ2n) is 6.64. The highest BCUT2D eigenvalue weighted by atomic mass is 32.2. The largest absolute Gasteiger partial charge is 0.450 e. The molecular formula is C23H20N2O2S. The molecule has 0 spiro atoms. The van der Waals surface area contributed by atoms with Crippen LogP contribution < -0.4 is 5.32 Å². The highest BCUT2D eigenvalue weighted by Crippen LogP contribution is 2.29. The summed E-state index contributed by atoms with van der Waals surface area (Å²) in [5, 5.41) is 3.91. The average Bonchev–Trinajstić information content (AvgIpc) is 3.06. The second-order valence-corrected chi connectivity index (χ2v) is 7.68. The van der Waals surface area contributed by atoms with Gasteiger partial charge in [0.05, 0.1) is 0 Å². The van der Waals surface area contributed by atoms with Crippen LogP contribution in [0.4, 0.5) is 5.69 Å². The number of carbonyl (C=O) groups excluding carboxylic acids is 1. The number of aromatic nitrogens is 1. The molecule has 2 aromatic heterocycles. The van der Waals surface area contributed by atoms with Crippen molar-refractivity contribution in [3.05, 3.63) is 89.4 Å². The Morgan fingerprint density at radius 2 is 1.89 bits per heavy atom. The van der Waals surface area contributed by atoms with E-state index < -0.39 is 0 Å². The Hall–Kier alpha value is -3.05. The lowest BCUT2D eigenvalue weighted by Gasteiger charge is -2.06. The topological polar surface area (TPSA) is 55.1 Å². The molecule has 140 valence electrons. The first-order chi connectivity index (χ1) is 13.6. The molecule has 0 saturated carbocycles. The Bertz CT molecular complexity index is 1120. The van der Waals surface area contributed by atoms with Gasteiger partial charge in [-0.3, -0.25) is 9.78 Å². The molecule has 1 amide bonds. The van der Waals surface area contributed by atoms with E-state index in [0.29, 0.717) is 5.76 Å². The van der Waals surface area contributed by atoms with Crippen molar-refractivity contribution in [3.63, 3.8) is 0 Å². The van der Waals surface area contributed by atoms with Gasteiger partial charge in [-0.05, 0) is 55.3 Å². The van der Waals surface area contributed by atoms with Gasteiger partial charge in [0.2, 0.25) is 0 Å². The van der Waals surface area contributed by atoms with Gasteiger partial charge in [0.25, 0.3) is 5.91 Å². The van der Waals surface area contributed by atoms with Crippen LogP contribution in [0.1, 0.15) is 27.2 Å². The Morgan fingerprint density at radius 1 is 1.07 bits per heavy atom. The van der Waals surface area contributed by atoms with Crippen LogP contribution in [-0.4, -0.2) is 10.9 Å². The van der Waals surface area contributed by atoms with Gasteiger partial charge in [0.1, 0.15) is 5.58 Å². The number of fused-ring (bicyclic) bond motifs is 1. The van der Waals surface area contributed by atoms with E-state index in [1.54, 1.807) is 18.0 Å². The number of pyridine rings is 1. The van der Waals surface area contributed by atoms with E-state index in [0.717, 1.165) is 38.4 Å². The van der Waals surface area contributed by atoms with Gasteiger partial charge >= 0.3 is 0 Å². The van der Waals surface area contributed by atoms with Gasteiger partial charge in [-0.15, -0.1) is 11.8 Å². The number of anilines is 1. The lowest BCUT2D eigenvalue weighted by Crippen LogP contribution is -2.11. The highest BCUT2D eigenvalue weighted by molar-refractivity contribution is 7.98. The van der Waals surface area contributed by atoms with Crippen LogP contribution in [0.2, 0.25) is 0 Å². The average molecular weight is 388 g/mol. The van der Waals surface area contributed by atoms with Crippen molar-refractivity contribution >= 4 is 34.3 Å². The molecule has 4 aromatic rings. The number of hydrogen-bond donors (Lipinski definition) is 1. The van der Waals surface area contributed by atoms with E-state index in [9.17, 15) is 4.79 Å². The van der Waals surface area contributed by atoms with Gasteiger partial charge in [-0.25, -0.2) is 0 Å². The predicted octanol–water partition coefficient (Wildman–Crippen LogP) is 5.99. The van der Waals surface area contributed by atoms with Crippen molar-refractivity contribution in [2.75, 3.05) is 5.32 Å². The fourth-order valence-corrected chi connectivity index (χ4v) is 3.91. The van der Waals surface area contributed by atoms with Gasteiger partial charge in [-0.2, -0.15) is 0 Å². The van der Waals surface area contributed by atoms with Gasteiger partial charge < -0.3 is 9.73 Å². The smallest absolute Gasteiger partial charge is 0.291 e. The minimum absolute atomic E-state index is 0.233. The van der Waals surface area contributed by atoms with Gasteiger partial charge in [-0.1, -0.05) is 24.3 Å². The molecule has 0 aliphatic heterocycles. The molecule has 4 nitrogen and oxygen atoms in total. The Kier molecular flexibility index (Phi) is 5.17. The molecule has 1 N–H and O–H groups in total. The molecule has 0 aliphatic rings. The molecule has 0 atom stereocenters. The summed E-state index contributed by atoms with van der Waals surface area (Å²) in [6, 6.07) is 17.8. The summed E-state index contributed by atoms with van der Waals surface area (Å²) >= 11 is 1.73. The molecule has 28 heavy (non-hydrogen) atoms. The Balaban J connectivity index is 1.45. The van der Waals surface area contributed by atoms with Crippen molar-refractivity contribution < 1.29 is 9.21 Å². The van der Waals surface area contributed by atoms with E-state index in [1.165, 1.54) is 5.56 Å². The third kappa shape index (κ3) is 3.80. The van der Waals surface area contributed by atoms with E-state index in [2.05, 4.69) is 16.4 Å². The molecule has 0 bridgehead atoms. The van der Waals surface area contributed by atoms with Crippen LogP contribution >= 0.6 is 11.8 Å². The first-order valence-corrected chi connectivity index (χ1v) is 10.0. The highest BCUT2D eigenvalue weighted by Gasteiger charge is 2.18. The zero-order chi connectivity index (χ0) is 19.5. The summed E-state index contributed by atoms with van der Waals surface area (Å²) in [6.07, 6.45) is 3.65. The first kappa shape index (κ1) is 18.3. The van der Waals surface area contributed by atoms with E-state index in [1.807, 2.05) is 68.6 Å². The lowest BCUT2D eigenvalue weighted by atomic mass is 10.1. The number of nitrogens with zero attached hydrogens (tertiary/aromatic N) is 1. The molecule has 0 radical (unpaired) electrons. The molecular weight excluding hydrogens is 368 g/mol. The molecule has 4 rings (SSSR count). The quantitative estimate of drug-likeness (QED) is 0.427. The number of nitrogens with one attached hydrogen (secondary N) is 1. The summed E-state index contributed by atoms with van der Waals surface area (Å²) in [5.41, 5.74) is 4.58. The van der Waals surface area contributed by atoms with E-state index in [4.69, 9.17) is 4.42 Å².